The van der Waals surface area contributed by atoms with Crippen molar-refractivity contribution in [2.45, 2.75) is 72.3 Å². The van der Waals surface area contributed by atoms with Gasteiger partial charge < -0.3 is 4.90 Å². The maximum Gasteiger partial charge on any atom is 0.227 e. The lowest BCUT2D eigenvalue weighted by Crippen LogP contribution is -2.45. The van der Waals surface area contributed by atoms with E-state index in [-0.39, 0.29) is 28.7 Å². The minimum absolute atomic E-state index is 0.0911. The molecule has 3 aliphatic rings. The van der Waals surface area contributed by atoms with Crippen LogP contribution in [0.3, 0.4) is 0 Å². The highest BCUT2D eigenvalue weighted by molar-refractivity contribution is 5.87. The van der Waals surface area contributed by atoms with E-state index in [9.17, 15) is 9.59 Å². The zero-order chi connectivity index (χ0) is 15.4. The zero-order valence-electron chi connectivity index (χ0n) is 13.9. The van der Waals surface area contributed by atoms with Gasteiger partial charge in [0, 0.05) is 30.8 Å². The number of nitrogens with zero attached hydrogens (tertiary/aromatic N) is 1. The molecule has 3 nitrogen and oxygen atoms in total. The number of rotatable bonds is 2. The molecule has 3 heteroatoms. The predicted molar refractivity (Wildman–Crippen MR) is 82.8 cm³/mol. The first-order valence-corrected chi connectivity index (χ1v) is 8.61. The van der Waals surface area contributed by atoms with Crippen molar-refractivity contribution in [2.75, 3.05) is 6.54 Å². The van der Waals surface area contributed by atoms with Gasteiger partial charge in [0.2, 0.25) is 5.91 Å². The van der Waals surface area contributed by atoms with Crippen LogP contribution in [0.5, 0.6) is 0 Å². The van der Waals surface area contributed by atoms with E-state index in [4.69, 9.17) is 0 Å². The molecule has 2 atom stereocenters. The molecule has 0 aromatic heterocycles. The van der Waals surface area contributed by atoms with E-state index in [2.05, 4.69) is 32.6 Å². The standard InChI is InChI=1S/C18H29NO2/c1-17(2)15(18(17,3)4)16(21)19-11-7-9-13(19)12-8-5-6-10-14(12)20/h12-13,15H,5-11H2,1-4H3. The van der Waals surface area contributed by atoms with Crippen LogP contribution >= 0.6 is 0 Å². The SMILES string of the molecule is CC1(C)C(C(=O)N2CCCC2C2CCCCC2=O)C1(C)C. The molecule has 3 fully saturated rings. The predicted octanol–water partition coefficient (Wildman–Crippen LogP) is 3.42. The Morgan fingerprint density at radius 3 is 2.29 bits per heavy atom. The van der Waals surface area contributed by atoms with E-state index >= 15 is 0 Å². The second-order valence-corrected chi connectivity index (χ2v) is 8.44. The van der Waals surface area contributed by atoms with E-state index in [1.165, 1.54) is 0 Å². The Hall–Kier alpha value is -0.860. The van der Waals surface area contributed by atoms with E-state index < -0.39 is 0 Å². The van der Waals surface area contributed by atoms with Crippen LogP contribution in [0.1, 0.15) is 66.2 Å². The summed E-state index contributed by atoms with van der Waals surface area (Å²) in [6, 6.07) is 0.192. The van der Waals surface area contributed by atoms with Crippen molar-refractivity contribution in [2.24, 2.45) is 22.7 Å². The number of ketones is 1. The second kappa shape index (κ2) is 4.82. The highest BCUT2D eigenvalue weighted by Gasteiger charge is 2.69. The summed E-state index contributed by atoms with van der Waals surface area (Å²) in [6.07, 6.45) is 5.99. The number of amides is 1. The van der Waals surface area contributed by atoms with Gasteiger partial charge in [-0.05, 0) is 36.5 Å². The fraction of sp³-hybridized carbons (Fsp3) is 0.889. The van der Waals surface area contributed by atoms with Gasteiger partial charge in [0.1, 0.15) is 5.78 Å². The van der Waals surface area contributed by atoms with Gasteiger partial charge >= 0.3 is 0 Å². The number of hydrogen-bond acceptors (Lipinski definition) is 2. The summed E-state index contributed by atoms with van der Waals surface area (Å²) < 4.78 is 0. The lowest BCUT2D eigenvalue weighted by Gasteiger charge is -2.33. The van der Waals surface area contributed by atoms with Crippen LogP contribution in [0.15, 0.2) is 0 Å². The Balaban J connectivity index is 1.76. The minimum Gasteiger partial charge on any atom is -0.339 e. The Labute approximate surface area is 128 Å². The van der Waals surface area contributed by atoms with E-state index in [0.717, 1.165) is 45.1 Å². The van der Waals surface area contributed by atoms with Crippen LogP contribution in [-0.2, 0) is 9.59 Å². The highest BCUT2D eigenvalue weighted by atomic mass is 16.2. The Kier molecular flexibility index (Phi) is 3.46. The Bertz CT molecular complexity index is 452. The maximum atomic E-state index is 13.0. The molecule has 21 heavy (non-hydrogen) atoms. The third-order valence-corrected chi connectivity index (χ3v) is 6.92. The monoisotopic (exact) mass is 291 g/mol. The van der Waals surface area contributed by atoms with Crippen LogP contribution in [0.2, 0.25) is 0 Å². The molecular formula is C18H29NO2. The molecule has 0 bridgehead atoms. The van der Waals surface area contributed by atoms with Gasteiger partial charge in [-0.25, -0.2) is 0 Å². The van der Waals surface area contributed by atoms with Crippen molar-refractivity contribution in [3.63, 3.8) is 0 Å². The van der Waals surface area contributed by atoms with Crippen molar-refractivity contribution >= 4 is 11.7 Å². The molecule has 0 N–H and O–H groups in total. The smallest absolute Gasteiger partial charge is 0.227 e. The van der Waals surface area contributed by atoms with Gasteiger partial charge in [-0.2, -0.15) is 0 Å². The molecule has 2 aliphatic carbocycles. The number of carbonyl (C=O) groups excluding carboxylic acids is 2. The summed E-state index contributed by atoms with van der Waals surface area (Å²) in [5.74, 6) is 0.964. The molecule has 0 radical (unpaired) electrons. The second-order valence-electron chi connectivity index (χ2n) is 8.44. The molecule has 1 aliphatic heterocycles. The molecule has 1 amide bonds. The maximum absolute atomic E-state index is 13.0. The van der Waals surface area contributed by atoms with Gasteiger partial charge in [-0.1, -0.05) is 34.1 Å². The van der Waals surface area contributed by atoms with Gasteiger partial charge in [0.05, 0.1) is 0 Å². The average Bonchev–Trinajstić information content (AvgIpc) is 2.78. The number of hydrogen-bond donors (Lipinski definition) is 0. The van der Waals surface area contributed by atoms with Crippen LogP contribution in [-0.4, -0.2) is 29.2 Å². The van der Waals surface area contributed by atoms with Crippen LogP contribution < -0.4 is 0 Å². The minimum atomic E-state index is 0.0911. The summed E-state index contributed by atoms with van der Waals surface area (Å²) in [5, 5.41) is 0. The molecule has 1 heterocycles. The van der Waals surface area contributed by atoms with Crippen molar-refractivity contribution in [1.29, 1.82) is 0 Å². The fourth-order valence-corrected chi connectivity index (χ4v) is 4.88. The quantitative estimate of drug-likeness (QED) is 0.782. The van der Waals surface area contributed by atoms with Gasteiger partial charge in [-0.15, -0.1) is 0 Å². The number of Topliss-reactive ketones (excluding diaryl/α,β-unsaturated/α-hetero) is 1. The molecule has 118 valence electrons. The third kappa shape index (κ3) is 2.15. The van der Waals surface area contributed by atoms with Crippen LogP contribution in [0, 0.1) is 22.7 Å². The molecule has 2 saturated carbocycles. The first kappa shape index (κ1) is 15.1. The molecule has 0 aromatic rings. The van der Waals surface area contributed by atoms with Gasteiger partial charge in [0.15, 0.2) is 0 Å². The van der Waals surface area contributed by atoms with Gasteiger partial charge in [0.25, 0.3) is 0 Å². The lowest BCUT2D eigenvalue weighted by molar-refractivity contribution is -0.137. The highest BCUT2D eigenvalue weighted by Crippen LogP contribution is 2.69. The zero-order valence-corrected chi connectivity index (χ0v) is 13.9. The first-order valence-electron chi connectivity index (χ1n) is 8.61. The van der Waals surface area contributed by atoms with Crippen molar-refractivity contribution < 1.29 is 9.59 Å². The van der Waals surface area contributed by atoms with Crippen molar-refractivity contribution in [3.05, 3.63) is 0 Å². The summed E-state index contributed by atoms with van der Waals surface area (Å²) >= 11 is 0. The molecule has 3 rings (SSSR count). The summed E-state index contributed by atoms with van der Waals surface area (Å²) in [7, 11) is 0. The Morgan fingerprint density at radius 2 is 1.71 bits per heavy atom. The third-order valence-electron chi connectivity index (χ3n) is 6.92. The summed E-state index contributed by atoms with van der Waals surface area (Å²) in [6.45, 7) is 9.66. The van der Waals surface area contributed by atoms with Crippen molar-refractivity contribution in [1.82, 2.24) is 4.90 Å². The molecule has 0 spiro atoms. The van der Waals surface area contributed by atoms with Gasteiger partial charge in [-0.3, -0.25) is 9.59 Å². The van der Waals surface area contributed by atoms with E-state index in [1.54, 1.807) is 0 Å². The largest absolute Gasteiger partial charge is 0.339 e. The van der Waals surface area contributed by atoms with Crippen LogP contribution in [0.25, 0.3) is 0 Å². The number of likely N-dealkylation sites (tertiary alicyclic amines) is 1. The van der Waals surface area contributed by atoms with Crippen molar-refractivity contribution in [3.8, 4) is 0 Å². The lowest BCUT2D eigenvalue weighted by atomic mass is 9.81. The Morgan fingerprint density at radius 1 is 1.05 bits per heavy atom. The molecule has 2 unspecified atom stereocenters. The topological polar surface area (TPSA) is 37.4 Å². The fourth-order valence-electron chi connectivity index (χ4n) is 4.88. The molecular weight excluding hydrogens is 262 g/mol. The summed E-state index contributed by atoms with van der Waals surface area (Å²) in [4.78, 5) is 27.3. The number of carbonyl (C=O) groups is 2. The molecule has 0 aromatic carbocycles. The summed E-state index contributed by atoms with van der Waals surface area (Å²) in [5.41, 5.74) is 0.182. The molecule has 1 saturated heterocycles. The first-order chi connectivity index (χ1) is 9.78. The van der Waals surface area contributed by atoms with E-state index in [0.29, 0.717) is 11.7 Å². The average molecular weight is 291 g/mol. The van der Waals surface area contributed by atoms with E-state index in [1.807, 2.05) is 0 Å². The normalized spacial score (nSPS) is 35.0. The van der Waals surface area contributed by atoms with Crippen LogP contribution in [0.4, 0.5) is 0 Å².